The number of nitrogens with zero attached hydrogens (tertiary/aromatic N) is 1. The molecule has 3 heterocycles. The average Bonchev–Trinajstić information content (AvgIpc) is 3.01. The second-order valence-electron chi connectivity index (χ2n) is 6.65. The summed E-state index contributed by atoms with van der Waals surface area (Å²) < 4.78 is 0. The molecular weight excluding hydrogens is 290 g/mol. The van der Waals surface area contributed by atoms with E-state index in [1.807, 2.05) is 24.3 Å². The number of fused-ring (bicyclic) bond motifs is 3. The first-order valence-corrected chi connectivity index (χ1v) is 8.36. The van der Waals surface area contributed by atoms with E-state index in [1.54, 1.807) is 6.20 Å². The lowest BCUT2D eigenvalue weighted by Gasteiger charge is -2.42. The Hall–Kier alpha value is -2.14. The molecule has 0 spiro atoms. The maximum Gasteiger partial charge on any atom is 0.292 e. The minimum Gasteiger partial charge on any atom is -0.360 e. The van der Waals surface area contributed by atoms with Crippen LogP contribution in [0.15, 0.2) is 30.5 Å². The Labute approximate surface area is 135 Å². The van der Waals surface area contributed by atoms with Crippen molar-refractivity contribution in [3.8, 4) is 0 Å². The van der Waals surface area contributed by atoms with Crippen molar-refractivity contribution in [1.82, 2.24) is 15.2 Å². The standard InChI is InChI=1S/C18H21N3O2/c22-17(14-10-19-16-6-2-1-5-13(14)16)18(23)20-15-7-9-21-8-3-4-12(15)11-21/h1-2,5-6,10,12,15,19H,3-4,7-9,11H2,(H,20,23). The normalized spacial score (nSPS) is 26.9. The molecule has 0 saturated carbocycles. The molecule has 23 heavy (non-hydrogen) atoms. The molecule has 3 unspecified atom stereocenters. The van der Waals surface area contributed by atoms with Gasteiger partial charge in [0.1, 0.15) is 0 Å². The van der Waals surface area contributed by atoms with E-state index in [0.717, 1.165) is 36.8 Å². The molecule has 2 aliphatic heterocycles. The van der Waals surface area contributed by atoms with Crippen molar-refractivity contribution in [2.24, 2.45) is 5.92 Å². The first kappa shape index (κ1) is 14.5. The van der Waals surface area contributed by atoms with Crippen LogP contribution in [0, 0.1) is 5.92 Å². The number of H-pyrrole nitrogens is 1. The number of carbonyl (C=O) groups excluding carboxylic acids is 2. The number of amides is 1. The van der Waals surface area contributed by atoms with Crippen LogP contribution in [0.3, 0.4) is 0 Å². The number of piperidine rings is 2. The molecule has 2 aromatic rings. The largest absolute Gasteiger partial charge is 0.360 e. The molecule has 0 radical (unpaired) electrons. The van der Waals surface area contributed by atoms with Crippen molar-refractivity contribution in [2.75, 3.05) is 19.6 Å². The Bertz CT molecular complexity index is 752. The van der Waals surface area contributed by atoms with Crippen LogP contribution in [0.5, 0.6) is 0 Å². The number of aromatic amines is 1. The van der Waals surface area contributed by atoms with Crippen LogP contribution < -0.4 is 5.32 Å². The number of para-hydroxylation sites is 1. The molecule has 4 rings (SSSR count). The minimum absolute atomic E-state index is 0.133. The Morgan fingerprint density at radius 3 is 2.96 bits per heavy atom. The number of carbonyl (C=O) groups is 2. The van der Waals surface area contributed by atoms with Crippen molar-refractivity contribution in [1.29, 1.82) is 0 Å². The van der Waals surface area contributed by atoms with E-state index < -0.39 is 11.7 Å². The number of rotatable bonds is 3. The molecular formula is C18H21N3O2. The number of nitrogens with one attached hydrogen (secondary N) is 2. The minimum atomic E-state index is -0.473. The molecule has 2 aliphatic rings. The third kappa shape index (κ3) is 2.65. The summed E-state index contributed by atoms with van der Waals surface area (Å²) in [6, 6.07) is 7.69. The molecule has 2 bridgehead atoms. The Morgan fingerprint density at radius 2 is 2.04 bits per heavy atom. The Kier molecular flexibility index (Phi) is 3.65. The van der Waals surface area contributed by atoms with Crippen LogP contribution in [0.1, 0.15) is 29.6 Å². The molecule has 5 heteroatoms. The lowest BCUT2D eigenvalue weighted by atomic mass is 9.85. The van der Waals surface area contributed by atoms with Gasteiger partial charge in [0.15, 0.2) is 0 Å². The zero-order valence-corrected chi connectivity index (χ0v) is 13.0. The molecule has 3 atom stereocenters. The number of Topliss-reactive ketones (excluding diaryl/α,β-unsaturated/α-hetero) is 1. The van der Waals surface area contributed by atoms with Crippen LogP contribution >= 0.6 is 0 Å². The summed E-state index contributed by atoms with van der Waals surface area (Å²) >= 11 is 0. The second kappa shape index (κ2) is 5.81. The van der Waals surface area contributed by atoms with Gasteiger partial charge < -0.3 is 15.2 Å². The lowest BCUT2D eigenvalue weighted by Crippen LogP contribution is -2.54. The fourth-order valence-corrected chi connectivity index (χ4v) is 3.99. The number of hydrogen-bond donors (Lipinski definition) is 2. The zero-order valence-electron chi connectivity index (χ0n) is 13.0. The SMILES string of the molecule is O=C(NC1CCN2CCCC1C2)C(=O)c1c[nH]c2ccccc12. The first-order valence-electron chi connectivity index (χ1n) is 8.36. The van der Waals surface area contributed by atoms with Gasteiger partial charge in [-0.25, -0.2) is 0 Å². The predicted molar refractivity (Wildman–Crippen MR) is 88.3 cm³/mol. The quantitative estimate of drug-likeness (QED) is 0.672. The van der Waals surface area contributed by atoms with E-state index in [9.17, 15) is 9.59 Å². The number of benzene rings is 1. The summed E-state index contributed by atoms with van der Waals surface area (Å²) in [6.45, 7) is 3.24. The van der Waals surface area contributed by atoms with Crippen LogP contribution in [0.4, 0.5) is 0 Å². The monoisotopic (exact) mass is 311 g/mol. The van der Waals surface area contributed by atoms with Crippen LogP contribution in [0.2, 0.25) is 0 Å². The molecule has 1 aromatic heterocycles. The number of ketones is 1. The van der Waals surface area contributed by atoms with Gasteiger partial charge in [0, 0.05) is 36.2 Å². The average molecular weight is 311 g/mol. The van der Waals surface area contributed by atoms with Gasteiger partial charge in [0.2, 0.25) is 0 Å². The highest BCUT2D eigenvalue weighted by atomic mass is 16.2. The highest BCUT2D eigenvalue weighted by Crippen LogP contribution is 2.26. The van der Waals surface area contributed by atoms with E-state index in [1.165, 1.54) is 13.0 Å². The predicted octanol–water partition coefficient (Wildman–Crippen LogP) is 1.95. The maximum atomic E-state index is 12.5. The van der Waals surface area contributed by atoms with Crippen molar-refractivity contribution in [2.45, 2.75) is 25.3 Å². The zero-order chi connectivity index (χ0) is 15.8. The van der Waals surface area contributed by atoms with E-state index in [2.05, 4.69) is 15.2 Å². The Balaban J connectivity index is 1.49. The number of hydrogen-bond acceptors (Lipinski definition) is 3. The fourth-order valence-electron chi connectivity index (χ4n) is 3.99. The Morgan fingerprint density at radius 1 is 1.17 bits per heavy atom. The summed E-state index contributed by atoms with van der Waals surface area (Å²) in [7, 11) is 0. The highest BCUT2D eigenvalue weighted by molar-refractivity contribution is 6.45. The van der Waals surface area contributed by atoms with E-state index in [4.69, 9.17) is 0 Å². The molecule has 2 saturated heterocycles. The van der Waals surface area contributed by atoms with Gasteiger partial charge in [0.05, 0.1) is 5.56 Å². The lowest BCUT2D eigenvalue weighted by molar-refractivity contribution is -0.118. The summed E-state index contributed by atoms with van der Waals surface area (Å²) in [4.78, 5) is 30.5. The summed E-state index contributed by atoms with van der Waals surface area (Å²) in [6.07, 6.45) is 4.91. The third-order valence-corrected chi connectivity index (χ3v) is 5.22. The molecule has 5 nitrogen and oxygen atoms in total. The highest BCUT2D eigenvalue weighted by Gasteiger charge is 2.34. The van der Waals surface area contributed by atoms with Crippen molar-refractivity contribution in [3.05, 3.63) is 36.0 Å². The summed E-state index contributed by atoms with van der Waals surface area (Å²) in [5.41, 5.74) is 1.34. The van der Waals surface area contributed by atoms with Crippen LogP contribution in [0.25, 0.3) is 10.9 Å². The first-order chi connectivity index (χ1) is 11.2. The van der Waals surface area contributed by atoms with Gasteiger partial charge in [0.25, 0.3) is 11.7 Å². The van der Waals surface area contributed by atoms with Gasteiger partial charge >= 0.3 is 0 Å². The van der Waals surface area contributed by atoms with Gasteiger partial charge in [-0.15, -0.1) is 0 Å². The topological polar surface area (TPSA) is 65.2 Å². The van der Waals surface area contributed by atoms with Crippen molar-refractivity contribution < 1.29 is 9.59 Å². The summed E-state index contributed by atoms with van der Waals surface area (Å²) in [5.74, 6) is -0.434. The molecule has 0 aliphatic carbocycles. The summed E-state index contributed by atoms with van der Waals surface area (Å²) in [5, 5.41) is 3.80. The van der Waals surface area contributed by atoms with Crippen molar-refractivity contribution in [3.63, 3.8) is 0 Å². The second-order valence-corrected chi connectivity index (χ2v) is 6.65. The van der Waals surface area contributed by atoms with Crippen molar-refractivity contribution >= 4 is 22.6 Å². The van der Waals surface area contributed by atoms with Gasteiger partial charge in [-0.3, -0.25) is 9.59 Å². The maximum absolute atomic E-state index is 12.5. The molecule has 1 aromatic carbocycles. The third-order valence-electron chi connectivity index (χ3n) is 5.22. The molecule has 1 amide bonds. The van der Waals surface area contributed by atoms with Gasteiger partial charge in [-0.05, 0) is 37.8 Å². The smallest absolute Gasteiger partial charge is 0.292 e. The van der Waals surface area contributed by atoms with Gasteiger partial charge in [-0.1, -0.05) is 18.2 Å². The van der Waals surface area contributed by atoms with Crippen LogP contribution in [-0.4, -0.2) is 47.3 Å². The van der Waals surface area contributed by atoms with E-state index >= 15 is 0 Å². The van der Waals surface area contributed by atoms with E-state index in [-0.39, 0.29) is 6.04 Å². The molecule has 2 fully saturated rings. The molecule has 2 N–H and O–H groups in total. The van der Waals surface area contributed by atoms with Gasteiger partial charge in [-0.2, -0.15) is 0 Å². The number of aromatic nitrogens is 1. The van der Waals surface area contributed by atoms with Crippen LogP contribution in [-0.2, 0) is 4.79 Å². The fraction of sp³-hybridized carbons (Fsp3) is 0.444. The van der Waals surface area contributed by atoms with E-state index in [0.29, 0.717) is 11.5 Å². The molecule has 120 valence electrons.